The van der Waals surface area contributed by atoms with Crippen molar-refractivity contribution in [3.63, 3.8) is 0 Å². The lowest BCUT2D eigenvalue weighted by molar-refractivity contribution is -0.0328. The highest BCUT2D eigenvalue weighted by atomic mass is 32.2. The maximum absolute atomic E-state index is 12.3. The van der Waals surface area contributed by atoms with E-state index < -0.39 is 11.4 Å². The first-order valence-corrected chi connectivity index (χ1v) is 7.81. The number of benzene rings is 1. The second kappa shape index (κ2) is 7.12. The monoisotopic (exact) mass is 356 g/mol. The van der Waals surface area contributed by atoms with E-state index in [-0.39, 0.29) is 34.3 Å². The topological polar surface area (TPSA) is 62.0 Å². The zero-order valence-electron chi connectivity index (χ0n) is 13.0. The fraction of sp³-hybridized carbons (Fsp3) is 0.250. The minimum atomic E-state index is -4.37. The molecule has 1 aromatic carbocycles. The van der Waals surface area contributed by atoms with Gasteiger partial charge in [-0.25, -0.2) is 0 Å². The molecular formula is C16H15F3N2O2S. The minimum Gasteiger partial charge on any atom is -0.348 e. The van der Waals surface area contributed by atoms with Crippen LogP contribution in [-0.4, -0.2) is 16.4 Å². The van der Waals surface area contributed by atoms with E-state index >= 15 is 0 Å². The number of halogens is 3. The molecule has 0 saturated heterocycles. The van der Waals surface area contributed by atoms with Crippen LogP contribution in [0, 0.1) is 13.8 Å². The molecule has 0 saturated carbocycles. The number of thioether (sulfide) groups is 1. The Labute approximate surface area is 140 Å². The quantitative estimate of drug-likeness (QED) is 0.824. The van der Waals surface area contributed by atoms with Crippen molar-refractivity contribution in [2.24, 2.45) is 0 Å². The van der Waals surface area contributed by atoms with Crippen LogP contribution in [-0.2, 0) is 6.54 Å². The van der Waals surface area contributed by atoms with Gasteiger partial charge in [-0.05, 0) is 61.5 Å². The second-order valence-corrected chi connectivity index (χ2v) is 6.34. The van der Waals surface area contributed by atoms with Crippen LogP contribution in [0.2, 0.25) is 0 Å². The van der Waals surface area contributed by atoms with Gasteiger partial charge in [0.25, 0.3) is 11.5 Å². The third kappa shape index (κ3) is 4.89. The first-order chi connectivity index (χ1) is 11.2. The summed E-state index contributed by atoms with van der Waals surface area (Å²) >= 11 is -0.241. The van der Waals surface area contributed by atoms with Crippen molar-refractivity contribution < 1.29 is 18.0 Å². The van der Waals surface area contributed by atoms with Crippen LogP contribution in [0.5, 0.6) is 0 Å². The largest absolute Gasteiger partial charge is 0.446 e. The molecule has 0 bridgehead atoms. The van der Waals surface area contributed by atoms with Gasteiger partial charge in [-0.15, -0.1) is 0 Å². The van der Waals surface area contributed by atoms with Gasteiger partial charge in [-0.3, -0.25) is 9.59 Å². The second-order valence-electron chi connectivity index (χ2n) is 5.20. The molecule has 1 aromatic heterocycles. The molecule has 128 valence electrons. The van der Waals surface area contributed by atoms with E-state index in [4.69, 9.17) is 0 Å². The molecule has 0 aliphatic rings. The molecule has 0 radical (unpaired) electrons. The van der Waals surface area contributed by atoms with Crippen LogP contribution in [0.25, 0.3) is 0 Å². The number of pyridine rings is 1. The fourth-order valence-electron chi connectivity index (χ4n) is 2.18. The molecule has 8 heteroatoms. The van der Waals surface area contributed by atoms with Gasteiger partial charge in [0.15, 0.2) is 0 Å². The number of rotatable bonds is 4. The minimum absolute atomic E-state index is 0.00451. The maximum atomic E-state index is 12.3. The van der Waals surface area contributed by atoms with E-state index in [9.17, 15) is 22.8 Å². The SMILES string of the molecule is Cc1cc(C)c(CNC(=O)c2ccc(SC(F)(F)F)cc2)c(=O)[nH]1. The zero-order valence-corrected chi connectivity index (χ0v) is 13.8. The van der Waals surface area contributed by atoms with Crippen LogP contribution in [0.4, 0.5) is 13.2 Å². The van der Waals surface area contributed by atoms with Crippen LogP contribution >= 0.6 is 11.8 Å². The number of aryl methyl sites for hydroxylation is 2. The van der Waals surface area contributed by atoms with Crippen LogP contribution in [0.15, 0.2) is 40.0 Å². The molecule has 0 fully saturated rings. The number of aromatic nitrogens is 1. The third-order valence-electron chi connectivity index (χ3n) is 3.27. The molecule has 0 aliphatic heterocycles. The number of hydrogen-bond acceptors (Lipinski definition) is 3. The molecule has 2 aromatic rings. The Hall–Kier alpha value is -2.22. The van der Waals surface area contributed by atoms with Crippen LogP contribution in [0.3, 0.4) is 0 Å². The molecule has 1 heterocycles. The predicted octanol–water partition coefficient (Wildman–Crippen LogP) is 3.53. The van der Waals surface area contributed by atoms with E-state index in [1.54, 1.807) is 19.9 Å². The van der Waals surface area contributed by atoms with Crippen LogP contribution in [0.1, 0.15) is 27.2 Å². The van der Waals surface area contributed by atoms with Crippen molar-refractivity contribution in [3.05, 3.63) is 63.1 Å². The number of carbonyl (C=O) groups excluding carboxylic acids is 1. The average Bonchev–Trinajstić information content (AvgIpc) is 2.45. The summed E-state index contributed by atoms with van der Waals surface area (Å²) < 4.78 is 36.8. The maximum Gasteiger partial charge on any atom is 0.446 e. The Kier molecular flexibility index (Phi) is 5.38. The van der Waals surface area contributed by atoms with Gasteiger partial charge in [0.1, 0.15) is 0 Å². The summed E-state index contributed by atoms with van der Waals surface area (Å²) in [6.45, 7) is 3.57. The molecule has 2 rings (SSSR count). The first kappa shape index (κ1) is 18.1. The molecule has 0 spiro atoms. The lowest BCUT2D eigenvalue weighted by Crippen LogP contribution is -2.27. The van der Waals surface area contributed by atoms with Crippen molar-refractivity contribution >= 4 is 17.7 Å². The number of hydrogen-bond donors (Lipinski definition) is 2. The Bertz CT molecular complexity index is 798. The van der Waals surface area contributed by atoms with Crippen molar-refractivity contribution in [1.29, 1.82) is 0 Å². The summed E-state index contributed by atoms with van der Waals surface area (Å²) in [5.74, 6) is -0.460. The third-order valence-corrected chi connectivity index (χ3v) is 4.01. The van der Waals surface area contributed by atoms with Crippen molar-refractivity contribution in [1.82, 2.24) is 10.3 Å². The van der Waals surface area contributed by atoms with E-state index in [0.29, 0.717) is 5.56 Å². The fourth-order valence-corrected chi connectivity index (χ4v) is 2.72. The number of alkyl halides is 3. The number of nitrogens with one attached hydrogen (secondary N) is 2. The molecule has 0 aliphatic carbocycles. The highest BCUT2D eigenvalue weighted by molar-refractivity contribution is 8.00. The Balaban J connectivity index is 2.04. The van der Waals surface area contributed by atoms with Gasteiger partial charge < -0.3 is 10.3 Å². The molecular weight excluding hydrogens is 341 g/mol. The predicted molar refractivity (Wildman–Crippen MR) is 86.1 cm³/mol. The highest BCUT2D eigenvalue weighted by Gasteiger charge is 2.29. The summed E-state index contributed by atoms with van der Waals surface area (Å²) in [5.41, 5.74) is -2.49. The lowest BCUT2D eigenvalue weighted by atomic mass is 10.1. The zero-order chi connectivity index (χ0) is 17.9. The van der Waals surface area contributed by atoms with E-state index in [0.717, 1.165) is 11.3 Å². The first-order valence-electron chi connectivity index (χ1n) is 6.99. The average molecular weight is 356 g/mol. The smallest absolute Gasteiger partial charge is 0.348 e. The summed E-state index contributed by atoms with van der Waals surface area (Å²) in [6, 6.07) is 6.89. The number of carbonyl (C=O) groups is 1. The Morgan fingerprint density at radius 3 is 2.38 bits per heavy atom. The van der Waals surface area contributed by atoms with Gasteiger partial charge in [0, 0.05) is 28.3 Å². The molecule has 0 unspecified atom stereocenters. The number of H-pyrrole nitrogens is 1. The Morgan fingerprint density at radius 2 is 1.83 bits per heavy atom. The molecule has 2 N–H and O–H groups in total. The van der Waals surface area contributed by atoms with Crippen molar-refractivity contribution in [2.45, 2.75) is 30.8 Å². The lowest BCUT2D eigenvalue weighted by Gasteiger charge is -2.09. The molecule has 24 heavy (non-hydrogen) atoms. The van der Waals surface area contributed by atoms with Crippen molar-refractivity contribution in [2.75, 3.05) is 0 Å². The van der Waals surface area contributed by atoms with Gasteiger partial charge >= 0.3 is 5.51 Å². The summed E-state index contributed by atoms with van der Waals surface area (Å²) in [4.78, 5) is 26.6. The normalized spacial score (nSPS) is 11.4. The van der Waals surface area contributed by atoms with Crippen molar-refractivity contribution in [3.8, 4) is 0 Å². The molecule has 0 atom stereocenters. The standard InChI is InChI=1S/C16H15F3N2O2S/c1-9-7-10(2)21-15(23)13(9)8-20-14(22)11-3-5-12(6-4-11)24-16(17,18)19/h3-7H,8H2,1-2H3,(H,20,22)(H,21,23). The summed E-state index contributed by atoms with van der Waals surface area (Å²) in [7, 11) is 0. The van der Waals surface area contributed by atoms with E-state index in [2.05, 4.69) is 10.3 Å². The van der Waals surface area contributed by atoms with E-state index in [1.165, 1.54) is 24.3 Å². The van der Waals surface area contributed by atoms with Gasteiger partial charge in [0.05, 0.1) is 0 Å². The molecule has 4 nitrogen and oxygen atoms in total. The Morgan fingerprint density at radius 1 is 1.21 bits per heavy atom. The summed E-state index contributed by atoms with van der Waals surface area (Å²) in [5, 5.41) is 2.60. The molecule has 1 amide bonds. The number of amides is 1. The highest BCUT2D eigenvalue weighted by Crippen LogP contribution is 2.36. The number of aromatic amines is 1. The summed E-state index contributed by atoms with van der Waals surface area (Å²) in [6.07, 6.45) is 0. The van der Waals surface area contributed by atoms with E-state index in [1.807, 2.05) is 0 Å². The van der Waals surface area contributed by atoms with Gasteiger partial charge in [-0.2, -0.15) is 13.2 Å². The van der Waals surface area contributed by atoms with Gasteiger partial charge in [-0.1, -0.05) is 0 Å². The van der Waals surface area contributed by atoms with Gasteiger partial charge in [0.2, 0.25) is 0 Å². The van der Waals surface area contributed by atoms with Crippen LogP contribution < -0.4 is 10.9 Å².